The zero-order valence-corrected chi connectivity index (χ0v) is 18.9. The van der Waals surface area contributed by atoms with Crippen LogP contribution < -0.4 is 9.62 Å². The van der Waals surface area contributed by atoms with E-state index >= 15 is 0 Å². The Hall–Kier alpha value is -2.85. The molecule has 1 N–H and O–H groups in total. The fourth-order valence-corrected chi connectivity index (χ4v) is 4.73. The zero-order chi connectivity index (χ0) is 23.4. The fraction of sp³-hybridized carbons (Fsp3) is 0.136. The number of alkyl halides is 3. The largest absolute Gasteiger partial charge is 0.416 e. The molecule has 0 aliphatic rings. The van der Waals surface area contributed by atoms with Crippen LogP contribution in [0, 0.1) is 0 Å². The molecule has 3 aromatic rings. The van der Waals surface area contributed by atoms with Gasteiger partial charge in [0, 0.05) is 11.0 Å². The van der Waals surface area contributed by atoms with Crippen molar-refractivity contribution < 1.29 is 26.4 Å². The van der Waals surface area contributed by atoms with Gasteiger partial charge in [0.05, 0.1) is 16.1 Å². The van der Waals surface area contributed by atoms with Crippen molar-refractivity contribution in [3.8, 4) is 0 Å². The van der Waals surface area contributed by atoms with Crippen LogP contribution in [-0.2, 0) is 27.5 Å². The molecule has 0 aromatic heterocycles. The number of halogens is 4. The van der Waals surface area contributed by atoms with Gasteiger partial charge >= 0.3 is 6.18 Å². The van der Waals surface area contributed by atoms with Crippen LogP contribution in [-0.4, -0.2) is 20.9 Å². The maximum Gasteiger partial charge on any atom is 0.416 e. The van der Waals surface area contributed by atoms with Crippen LogP contribution in [0.5, 0.6) is 0 Å². The first kappa shape index (κ1) is 23.8. The first-order valence-corrected chi connectivity index (χ1v) is 11.6. The molecule has 3 aromatic carbocycles. The van der Waals surface area contributed by atoms with Crippen molar-refractivity contribution in [2.75, 3.05) is 10.8 Å². The quantitative estimate of drug-likeness (QED) is 0.472. The van der Waals surface area contributed by atoms with Gasteiger partial charge in [-0.1, -0.05) is 52.3 Å². The monoisotopic (exact) mass is 526 g/mol. The molecule has 168 valence electrons. The summed E-state index contributed by atoms with van der Waals surface area (Å²) in [5.41, 5.74) is -0.322. The Kier molecular flexibility index (Phi) is 7.25. The average Bonchev–Trinajstić information content (AvgIpc) is 2.76. The summed E-state index contributed by atoms with van der Waals surface area (Å²) in [4.78, 5) is 12.6. The Morgan fingerprint density at radius 2 is 1.62 bits per heavy atom. The van der Waals surface area contributed by atoms with Gasteiger partial charge < -0.3 is 5.32 Å². The summed E-state index contributed by atoms with van der Waals surface area (Å²) >= 11 is 3.29. The molecular weight excluding hydrogens is 509 g/mol. The highest BCUT2D eigenvalue weighted by molar-refractivity contribution is 9.10. The molecule has 32 heavy (non-hydrogen) atoms. The summed E-state index contributed by atoms with van der Waals surface area (Å²) in [5.74, 6) is -0.665. The van der Waals surface area contributed by atoms with Crippen molar-refractivity contribution in [1.29, 1.82) is 0 Å². The topological polar surface area (TPSA) is 66.5 Å². The molecule has 0 aliphatic heterocycles. The Balaban J connectivity index is 1.82. The Labute approximate surface area is 192 Å². The summed E-state index contributed by atoms with van der Waals surface area (Å²) < 4.78 is 66.7. The van der Waals surface area contributed by atoms with E-state index in [0.717, 1.165) is 16.4 Å². The molecule has 10 heteroatoms. The normalized spacial score (nSPS) is 11.8. The van der Waals surface area contributed by atoms with Crippen molar-refractivity contribution in [2.24, 2.45) is 0 Å². The smallest absolute Gasteiger partial charge is 0.350 e. The Bertz CT molecular complexity index is 1200. The average molecular weight is 527 g/mol. The lowest BCUT2D eigenvalue weighted by molar-refractivity contribution is -0.137. The van der Waals surface area contributed by atoms with E-state index in [1.807, 2.05) is 0 Å². The van der Waals surface area contributed by atoms with Crippen LogP contribution in [0.15, 0.2) is 88.2 Å². The third-order valence-electron chi connectivity index (χ3n) is 4.46. The van der Waals surface area contributed by atoms with Gasteiger partial charge in [0.15, 0.2) is 0 Å². The minimum Gasteiger partial charge on any atom is -0.350 e. The Morgan fingerprint density at radius 3 is 2.28 bits per heavy atom. The SMILES string of the molecule is O=C(CN(c1cccc(Br)c1)S(=O)(=O)c1ccccc1)NCc1cccc(C(F)(F)F)c1. The fourth-order valence-electron chi connectivity index (χ4n) is 2.91. The summed E-state index contributed by atoms with van der Waals surface area (Å²) in [7, 11) is -4.07. The lowest BCUT2D eigenvalue weighted by Crippen LogP contribution is -2.40. The van der Waals surface area contributed by atoms with Crippen LogP contribution >= 0.6 is 15.9 Å². The number of rotatable bonds is 7. The minimum atomic E-state index is -4.50. The van der Waals surface area contributed by atoms with Crippen LogP contribution in [0.1, 0.15) is 11.1 Å². The molecule has 0 aliphatic carbocycles. The van der Waals surface area contributed by atoms with E-state index in [9.17, 15) is 26.4 Å². The lowest BCUT2D eigenvalue weighted by atomic mass is 10.1. The second kappa shape index (κ2) is 9.74. The van der Waals surface area contributed by atoms with Crippen molar-refractivity contribution in [1.82, 2.24) is 5.32 Å². The van der Waals surface area contributed by atoms with E-state index in [-0.39, 0.29) is 22.7 Å². The number of sulfonamides is 1. The molecule has 0 fully saturated rings. The Morgan fingerprint density at radius 1 is 0.938 bits per heavy atom. The number of hydrogen-bond donors (Lipinski definition) is 1. The number of benzene rings is 3. The maximum atomic E-state index is 13.2. The van der Waals surface area contributed by atoms with Gasteiger partial charge in [0.2, 0.25) is 5.91 Å². The van der Waals surface area contributed by atoms with Gasteiger partial charge in [-0.2, -0.15) is 13.2 Å². The number of carbonyl (C=O) groups excluding carboxylic acids is 1. The number of nitrogens with one attached hydrogen (secondary N) is 1. The second-order valence-electron chi connectivity index (χ2n) is 6.78. The summed E-state index contributed by atoms with van der Waals surface area (Å²) in [6, 6.07) is 18.7. The van der Waals surface area contributed by atoms with E-state index in [0.29, 0.717) is 4.47 Å². The molecule has 0 atom stereocenters. The number of nitrogens with zero attached hydrogens (tertiary/aromatic N) is 1. The summed E-state index contributed by atoms with van der Waals surface area (Å²) in [6.45, 7) is -0.729. The maximum absolute atomic E-state index is 13.2. The number of carbonyl (C=O) groups is 1. The third-order valence-corrected chi connectivity index (χ3v) is 6.74. The van der Waals surface area contributed by atoms with Gasteiger partial charge in [-0.25, -0.2) is 8.42 Å². The van der Waals surface area contributed by atoms with E-state index in [4.69, 9.17) is 0 Å². The number of hydrogen-bond acceptors (Lipinski definition) is 3. The highest BCUT2D eigenvalue weighted by Crippen LogP contribution is 2.29. The molecule has 0 saturated carbocycles. The molecule has 3 rings (SSSR count). The number of anilines is 1. The molecule has 1 amide bonds. The zero-order valence-electron chi connectivity index (χ0n) is 16.5. The highest BCUT2D eigenvalue weighted by atomic mass is 79.9. The molecule has 0 saturated heterocycles. The number of amides is 1. The van der Waals surface area contributed by atoms with Crippen LogP contribution in [0.2, 0.25) is 0 Å². The van der Waals surface area contributed by atoms with Crippen molar-refractivity contribution in [3.63, 3.8) is 0 Å². The van der Waals surface area contributed by atoms with Crippen LogP contribution in [0.4, 0.5) is 18.9 Å². The van der Waals surface area contributed by atoms with Gasteiger partial charge in [0.25, 0.3) is 10.0 Å². The molecule has 0 unspecified atom stereocenters. The molecule has 0 spiro atoms. The first-order chi connectivity index (χ1) is 15.1. The van der Waals surface area contributed by atoms with Crippen LogP contribution in [0.3, 0.4) is 0 Å². The van der Waals surface area contributed by atoms with E-state index in [1.165, 1.54) is 24.3 Å². The molecular formula is C22H18BrF3N2O3S. The summed E-state index contributed by atoms with van der Waals surface area (Å²) in [5, 5.41) is 2.49. The predicted octanol–water partition coefficient (Wildman–Crippen LogP) is 4.98. The lowest BCUT2D eigenvalue weighted by Gasteiger charge is -2.24. The molecule has 0 bridgehead atoms. The van der Waals surface area contributed by atoms with Crippen molar-refractivity contribution in [2.45, 2.75) is 17.6 Å². The van der Waals surface area contributed by atoms with Gasteiger partial charge in [-0.05, 0) is 48.0 Å². The van der Waals surface area contributed by atoms with Gasteiger partial charge in [-0.15, -0.1) is 0 Å². The van der Waals surface area contributed by atoms with Crippen molar-refractivity contribution >= 4 is 37.5 Å². The third kappa shape index (κ3) is 5.89. The molecule has 0 heterocycles. The molecule has 5 nitrogen and oxygen atoms in total. The van der Waals surface area contributed by atoms with Gasteiger partial charge in [0.1, 0.15) is 6.54 Å². The highest BCUT2D eigenvalue weighted by Gasteiger charge is 2.30. The van der Waals surface area contributed by atoms with E-state index < -0.39 is 34.2 Å². The molecule has 0 radical (unpaired) electrons. The van der Waals surface area contributed by atoms with E-state index in [2.05, 4.69) is 21.2 Å². The van der Waals surface area contributed by atoms with Crippen LogP contribution in [0.25, 0.3) is 0 Å². The summed E-state index contributed by atoms with van der Waals surface area (Å²) in [6.07, 6.45) is -4.50. The second-order valence-corrected chi connectivity index (χ2v) is 9.56. The predicted molar refractivity (Wildman–Crippen MR) is 118 cm³/mol. The van der Waals surface area contributed by atoms with E-state index in [1.54, 1.807) is 42.5 Å². The standard InChI is InChI=1S/C22H18BrF3N2O3S/c23-18-8-5-9-19(13-18)28(32(30,31)20-10-2-1-3-11-20)15-21(29)27-14-16-6-4-7-17(12-16)22(24,25)26/h1-13H,14-15H2,(H,27,29). The minimum absolute atomic E-state index is 0.00524. The first-order valence-electron chi connectivity index (χ1n) is 9.33. The van der Waals surface area contributed by atoms with Crippen molar-refractivity contribution in [3.05, 3.63) is 94.5 Å². The van der Waals surface area contributed by atoms with Gasteiger partial charge in [-0.3, -0.25) is 9.10 Å².